The molecule has 0 aliphatic heterocycles. The highest BCUT2D eigenvalue weighted by atomic mass is 16.6. The smallest absolute Gasteiger partial charge is 0.273 e. The number of aromatic nitrogens is 4. The van der Waals surface area contributed by atoms with Crippen molar-refractivity contribution < 1.29 is 9.66 Å². The van der Waals surface area contributed by atoms with E-state index in [0.29, 0.717) is 5.69 Å². The Morgan fingerprint density at radius 3 is 2.48 bits per heavy atom. The first-order chi connectivity index (χ1) is 13.0. The van der Waals surface area contributed by atoms with Crippen molar-refractivity contribution in [3.05, 3.63) is 46.9 Å². The number of methoxy groups -OCH3 is 1. The van der Waals surface area contributed by atoms with E-state index in [9.17, 15) is 10.1 Å². The van der Waals surface area contributed by atoms with Crippen molar-refractivity contribution in [1.82, 2.24) is 19.9 Å². The molecule has 0 atom stereocenters. The third-order valence-corrected chi connectivity index (χ3v) is 3.36. The maximum atomic E-state index is 10.8. The molecule has 2 aromatic heterocycles. The summed E-state index contributed by atoms with van der Waals surface area (Å²) in [4.78, 5) is 26.5. The maximum absolute atomic E-state index is 10.8. The summed E-state index contributed by atoms with van der Waals surface area (Å²) in [5.74, 6) is 0.354. The third kappa shape index (κ3) is 3.73. The molecule has 0 bridgehead atoms. The number of hydrogen-bond acceptors (Lipinski definition) is 11. The van der Waals surface area contributed by atoms with Crippen molar-refractivity contribution in [2.75, 3.05) is 18.6 Å². The average Bonchev–Trinajstić information content (AvgIpc) is 2.67. The highest BCUT2D eigenvalue weighted by Gasteiger charge is 2.14. The van der Waals surface area contributed by atoms with E-state index in [-0.39, 0.29) is 40.3 Å². The van der Waals surface area contributed by atoms with Gasteiger partial charge in [-0.1, -0.05) is 0 Å². The normalized spacial score (nSPS) is 10.9. The molecule has 27 heavy (non-hydrogen) atoms. The monoisotopic (exact) mass is 367 g/mol. The molecule has 12 heteroatoms. The maximum Gasteiger partial charge on any atom is 0.273 e. The zero-order chi connectivity index (χ0) is 19.4. The Hall–Kier alpha value is -4.22. The number of nitro benzene ring substituents is 1. The van der Waals surface area contributed by atoms with Crippen LogP contribution in [0.4, 0.5) is 28.7 Å². The SMILES string of the molecule is COc1cc([N+](=O)[O-])ccc1/N=N/c1c(N)nc(-c2cnccn2)nc1N. The molecule has 0 amide bonds. The van der Waals surface area contributed by atoms with Gasteiger partial charge in [-0.25, -0.2) is 15.0 Å². The number of ether oxygens (including phenoxy) is 1. The Labute approximate surface area is 152 Å². The molecule has 3 rings (SSSR count). The van der Waals surface area contributed by atoms with E-state index in [0.717, 1.165) is 0 Å². The number of anilines is 2. The molecule has 4 N–H and O–H groups in total. The van der Waals surface area contributed by atoms with Crippen LogP contribution in [-0.4, -0.2) is 32.0 Å². The lowest BCUT2D eigenvalue weighted by Gasteiger charge is -2.06. The zero-order valence-electron chi connectivity index (χ0n) is 14.0. The first kappa shape index (κ1) is 17.6. The fourth-order valence-corrected chi connectivity index (χ4v) is 2.09. The van der Waals surface area contributed by atoms with Crippen LogP contribution < -0.4 is 16.2 Å². The first-order valence-electron chi connectivity index (χ1n) is 7.43. The second kappa shape index (κ2) is 7.35. The van der Waals surface area contributed by atoms with Gasteiger partial charge in [-0.2, -0.15) is 0 Å². The van der Waals surface area contributed by atoms with Gasteiger partial charge in [0.15, 0.2) is 28.9 Å². The van der Waals surface area contributed by atoms with Crippen LogP contribution in [0.1, 0.15) is 0 Å². The van der Waals surface area contributed by atoms with Crippen LogP contribution >= 0.6 is 0 Å². The van der Waals surface area contributed by atoms with Crippen LogP contribution in [0, 0.1) is 10.1 Å². The van der Waals surface area contributed by atoms with E-state index in [1.165, 1.54) is 43.9 Å². The van der Waals surface area contributed by atoms with Crippen LogP contribution in [0.2, 0.25) is 0 Å². The number of nitrogen functional groups attached to an aromatic ring is 2. The lowest BCUT2D eigenvalue weighted by molar-refractivity contribution is -0.384. The molecule has 0 fully saturated rings. The Kier molecular flexibility index (Phi) is 4.79. The largest absolute Gasteiger partial charge is 0.494 e. The third-order valence-electron chi connectivity index (χ3n) is 3.36. The van der Waals surface area contributed by atoms with E-state index in [4.69, 9.17) is 16.2 Å². The predicted octanol–water partition coefficient (Wildman–Crippen LogP) is 2.43. The van der Waals surface area contributed by atoms with Gasteiger partial charge >= 0.3 is 0 Å². The first-order valence-corrected chi connectivity index (χ1v) is 7.43. The van der Waals surface area contributed by atoms with E-state index in [1.807, 2.05) is 0 Å². The number of nitrogens with two attached hydrogens (primary N) is 2. The molecule has 0 aliphatic rings. The standard InChI is InChI=1S/C15H13N9O3/c1-27-11-6-8(24(25)26)2-3-9(11)22-23-12-13(16)20-15(21-14(12)17)10-7-18-4-5-19-10/h2-7H,1H3,(H4,16,17,20,21)/b23-22+. The van der Waals surface area contributed by atoms with E-state index < -0.39 is 4.92 Å². The summed E-state index contributed by atoms with van der Waals surface area (Å²) in [5, 5.41) is 18.8. The molecule has 0 radical (unpaired) electrons. The zero-order valence-corrected chi connectivity index (χ0v) is 14.0. The predicted molar refractivity (Wildman–Crippen MR) is 95.7 cm³/mol. The summed E-state index contributed by atoms with van der Waals surface area (Å²) in [7, 11) is 1.36. The number of non-ortho nitro benzene ring substituents is 1. The Morgan fingerprint density at radius 2 is 1.89 bits per heavy atom. The summed E-state index contributed by atoms with van der Waals surface area (Å²) in [5.41, 5.74) is 12.4. The molecule has 3 aromatic rings. The fraction of sp³-hybridized carbons (Fsp3) is 0.0667. The number of hydrogen-bond donors (Lipinski definition) is 2. The van der Waals surface area contributed by atoms with Crippen LogP contribution in [-0.2, 0) is 0 Å². The summed E-state index contributed by atoms with van der Waals surface area (Å²) in [6.07, 6.45) is 4.47. The highest BCUT2D eigenvalue weighted by Crippen LogP contribution is 2.35. The van der Waals surface area contributed by atoms with Crippen molar-refractivity contribution in [3.63, 3.8) is 0 Å². The molecular formula is C15H13N9O3. The summed E-state index contributed by atoms with van der Waals surface area (Å²) < 4.78 is 5.09. The molecule has 0 unspecified atom stereocenters. The quantitative estimate of drug-likeness (QED) is 0.388. The lowest BCUT2D eigenvalue weighted by Crippen LogP contribution is -2.02. The van der Waals surface area contributed by atoms with Crippen LogP contribution in [0.25, 0.3) is 11.5 Å². The van der Waals surface area contributed by atoms with Crippen molar-refractivity contribution >= 4 is 28.7 Å². The van der Waals surface area contributed by atoms with Gasteiger partial charge < -0.3 is 16.2 Å². The Morgan fingerprint density at radius 1 is 1.15 bits per heavy atom. The summed E-state index contributed by atoms with van der Waals surface area (Å²) in [6.45, 7) is 0. The molecule has 2 heterocycles. The number of benzene rings is 1. The minimum absolute atomic E-state index is 0.00668. The number of rotatable bonds is 5. The van der Waals surface area contributed by atoms with E-state index in [2.05, 4.69) is 30.2 Å². The molecule has 0 saturated carbocycles. The molecule has 12 nitrogen and oxygen atoms in total. The van der Waals surface area contributed by atoms with Crippen molar-refractivity contribution in [3.8, 4) is 17.3 Å². The van der Waals surface area contributed by atoms with Gasteiger partial charge in [0, 0.05) is 18.5 Å². The minimum Gasteiger partial charge on any atom is -0.494 e. The van der Waals surface area contributed by atoms with Crippen LogP contribution in [0.3, 0.4) is 0 Å². The molecule has 0 spiro atoms. The molecule has 136 valence electrons. The molecule has 1 aromatic carbocycles. The van der Waals surface area contributed by atoms with Crippen molar-refractivity contribution in [2.45, 2.75) is 0 Å². The van der Waals surface area contributed by atoms with Crippen molar-refractivity contribution in [2.24, 2.45) is 10.2 Å². The second-order valence-corrected chi connectivity index (χ2v) is 5.07. The van der Waals surface area contributed by atoms with Gasteiger partial charge in [-0.15, -0.1) is 10.2 Å². The molecular weight excluding hydrogens is 354 g/mol. The second-order valence-electron chi connectivity index (χ2n) is 5.07. The number of nitrogens with zero attached hydrogens (tertiary/aromatic N) is 7. The van der Waals surface area contributed by atoms with Crippen LogP contribution in [0.15, 0.2) is 47.0 Å². The van der Waals surface area contributed by atoms with Gasteiger partial charge in [-0.05, 0) is 6.07 Å². The average molecular weight is 367 g/mol. The van der Waals surface area contributed by atoms with Gasteiger partial charge in [-0.3, -0.25) is 15.1 Å². The van der Waals surface area contributed by atoms with Gasteiger partial charge in [0.05, 0.1) is 24.3 Å². The van der Waals surface area contributed by atoms with Crippen molar-refractivity contribution in [1.29, 1.82) is 0 Å². The number of azo groups is 1. The van der Waals surface area contributed by atoms with Gasteiger partial charge in [0.1, 0.15) is 11.4 Å². The lowest BCUT2D eigenvalue weighted by atomic mass is 10.2. The summed E-state index contributed by atoms with van der Waals surface area (Å²) in [6, 6.07) is 3.90. The van der Waals surface area contributed by atoms with E-state index >= 15 is 0 Å². The van der Waals surface area contributed by atoms with Gasteiger partial charge in [0.2, 0.25) is 0 Å². The summed E-state index contributed by atoms with van der Waals surface area (Å²) >= 11 is 0. The fourth-order valence-electron chi connectivity index (χ4n) is 2.09. The van der Waals surface area contributed by atoms with Crippen LogP contribution in [0.5, 0.6) is 5.75 Å². The van der Waals surface area contributed by atoms with E-state index in [1.54, 1.807) is 0 Å². The Bertz CT molecular complexity index is 1000. The highest BCUT2D eigenvalue weighted by molar-refractivity contribution is 5.73. The molecule has 0 saturated heterocycles. The van der Waals surface area contributed by atoms with Gasteiger partial charge in [0.25, 0.3) is 5.69 Å². The number of nitro groups is 1. The minimum atomic E-state index is -0.543. The topological polar surface area (TPSA) is 181 Å². The molecule has 0 aliphatic carbocycles. The Balaban J connectivity index is 1.95.